The largest absolute Gasteiger partial charge is 0.491 e. The number of hydrogen-bond donors (Lipinski definition) is 0. The summed E-state index contributed by atoms with van der Waals surface area (Å²) < 4.78 is 33.4. The molecule has 0 saturated carbocycles. The quantitative estimate of drug-likeness (QED) is 0.445. The first-order valence-electron chi connectivity index (χ1n) is 10.7. The molecule has 8 heteroatoms. The monoisotopic (exact) mass is 484 g/mol. The number of nitrogens with zero attached hydrogens (tertiary/aromatic N) is 2. The number of halogens is 3. The van der Waals surface area contributed by atoms with Gasteiger partial charge in [0.2, 0.25) is 5.91 Å². The topological polar surface area (TPSA) is 49.9 Å². The van der Waals surface area contributed by atoms with E-state index < -0.39 is 23.3 Å². The van der Waals surface area contributed by atoms with Crippen molar-refractivity contribution in [2.45, 2.75) is 32.4 Å². The van der Waals surface area contributed by atoms with Crippen molar-refractivity contribution >= 4 is 34.8 Å². The minimum Gasteiger partial charge on any atom is -0.491 e. The van der Waals surface area contributed by atoms with Crippen molar-refractivity contribution in [3.8, 4) is 5.75 Å². The van der Waals surface area contributed by atoms with Gasteiger partial charge in [0.05, 0.1) is 13.2 Å². The molecule has 1 aliphatic rings. The van der Waals surface area contributed by atoms with Crippen LogP contribution in [0.25, 0.3) is 0 Å². The summed E-state index contributed by atoms with van der Waals surface area (Å²) in [6.45, 7) is 3.33. The minimum absolute atomic E-state index is 0.128. The Morgan fingerprint density at radius 1 is 1.06 bits per heavy atom. The Morgan fingerprint density at radius 3 is 2.26 bits per heavy atom. The molecule has 0 saturated heterocycles. The molecule has 3 aromatic carbocycles. The van der Waals surface area contributed by atoms with Gasteiger partial charge in [0.15, 0.2) is 17.4 Å². The van der Waals surface area contributed by atoms with E-state index in [0.717, 1.165) is 24.8 Å². The van der Waals surface area contributed by atoms with Gasteiger partial charge in [0, 0.05) is 34.9 Å². The van der Waals surface area contributed by atoms with E-state index in [1.165, 1.54) is 11.8 Å². The van der Waals surface area contributed by atoms with E-state index >= 15 is 0 Å². The highest BCUT2D eigenvalue weighted by Crippen LogP contribution is 2.43. The summed E-state index contributed by atoms with van der Waals surface area (Å²) in [5.41, 5.74) is 1.89. The zero-order valence-electron chi connectivity index (χ0n) is 18.9. The van der Waals surface area contributed by atoms with Crippen molar-refractivity contribution in [3.63, 3.8) is 0 Å². The number of amides is 2. The van der Waals surface area contributed by atoms with Gasteiger partial charge >= 0.3 is 0 Å². The molecule has 5 nitrogen and oxygen atoms in total. The normalized spacial score (nSPS) is 17.2. The number of carbonyl (C=O) groups is 2. The second-order valence-corrected chi connectivity index (χ2v) is 8.61. The maximum absolute atomic E-state index is 14.3. The maximum Gasteiger partial charge on any atom is 0.258 e. The molecular weight excluding hydrogens is 462 g/mol. The Balaban J connectivity index is 1.78. The highest BCUT2D eigenvalue weighted by molar-refractivity contribution is 6.30. The van der Waals surface area contributed by atoms with Gasteiger partial charge in [0.1, 0.15) is 0 Å². The Kier molecular flexibility index (Phi) is 6.57. The van der Waals surface area contributed by atoms with E-state index in [0.29, 0.717) is 22.8 Å². The van der Waals surface area contributed by atoms with Crippen molar-refractivity contribution in [2.75, 3.05) is 16.9 Å². The Hall–Kier alpha value is -3.45. The van der Waals surface area contributed by atoms with Gasteiger partial charge in [-0.1, -0.05) is 29.8 Å². The van der Waals surface area contributed by atoms with E-state index in [2.05, 4.69) is 0 Å². The van der Waals surface area contributed by atoms with Crippen LogP contribution in [0.3, 0.4) is 0 Å². The van der Waals surface area contributed by atoms with Gasteiger partial charge in [-0.3, -0.25) is 9.59 Å². The third-order valence-corrected chi connectivity index (χ3v) is 6.24. The van der Waals surface area contributed by atoms with Crippen LogP contribution in [0.15, 0.2) is 60.7 Å². The van der Waals surface area contributed by atoms with Gasteiger partial charge in [-0.2, -0.15) is 0 Å². The van der Waals surface area contributed by atoms with Gasteiger partial charge in [0.25, 0.3) is 5.91 Å². The number of fused-ring (bicyclic) bond motifs is 1. The lowest BCUT2D eigenvalue weighted by molar-refractivity contribution is -0.117. The second-order valence-electron chi connectivity index (χ2n) is 8.17. The second kappa shape index (κ2) is 9.43. The smallest absolute Gasteiger partial charge is 0.258 e. The number of para-hydroxylation sites is 1. The third-order valence-electron chi connectivity index (χ3n) is 5.98. The van der Waals surface area contributed by atoms with Crippen LogP contribution in [0.2, 0.25) is 5.02 Å². The average molecular weight is 485 g/mol. The van der Waals surface area contributed by atoms with E-state index in [1.807, 2.05) is 19.1 Å². The predicted molar refractivity (Wildman–Crippen MR) is 128 cm³/mol. The lowest BCUT2D eigenvalue weighted by Crippen LogP contribution is -2.47. The molecule has 4 rings (SSSR count). The fourth-order valence-electron chi connectivity index (χ4n) is 4.54. The first kappa shape index (κ1) is 23.7. The van der Waals surface area contributed by atoms with Crippen molar-refractivity contribution in [3.05, 3.63) is 88.4 Å². The molecule has 0 spiro atoms. The molecule has 3 aromatic rings. The zero-order chi connectivity index (χ0) is 24.6. The standard InChI is InChI=1S/C26H23ClF2N2O3/c1-15-12-24(31(16(2)32)19-10-8-18(27)9-11-19)20-6-4-5-7-23(20)30(15)26(33)17-13-21(28)25(34-3)22(29)14-17/h4-11,13-15,24H,12H2,1-3H3/t15-,24+/m0/s1. The zero-order valence-corrected chi connectivity index (χ0v) is 19.6. The number of anilines is 2. The van der Waals surface area contributed by atoms with Crippen LogP contribution in [0.1, 0.15) is 42.2 Å². The number of ether oxygens (including phenoxy) is 1. The number of carbonyl (C=O) groups excluding carboxylic acids is 2. The van der Waals surface area contributed by atoms with Crippen LogP contribution in [-0.4, -0.2) is 25.0 Å². The van der Waals surface area contributed by atoms with Crippen molar-refractivity contribution in [2.24, 2.45) is 0 Å². The summed E-state index contributed by atoms with van der Waals surface area (Å²) in [7, 11) is 1.16. The molecule has 1 aliphatic heterocycles. The van der Waals surface area contributed by atoms with Crippen molar-refractivity contribution in [1.82, 2.24) is 0 Å². The van der Waals surface area contributed by atoms with Crippen molar-refractivity contribution < 1.29 is 23.1 Å². The summed E-state index contributed by atoms with van der Waals surface area (Å²) in [5.74, 6) is -3.14. The maximum atomic E-state index is 14.3. The highest BCUT2D eigenvalue weighted by atomic mass is 35.5. The molecule has 0 fully saturated rings. The van der Waals surface area contributed by atoms with Crippen LogP contribution in [0.4, 0.5) is 20.2 Å². The summed E-state index contributed by atoms with van der Waals surface area (Å²) >= 11 is 6.03. The van der Waals surface area contributed by atoms with Crippen LogP contribution < -0.4 is 14.5 Å². The Bertz CT molecular complexity index is 1230. The molecule has 0 radical (unpaired) electrons. The van der Waals surface area contributed by atoms with E-state index in [1.54, 1.807) is 41.3 Å². The molecule has 2 amide bonds. The Labute approximate surface area is 201 Å². The average Bonchev–Trinajstić information content (AvgIpc) is 2.80. The minimum atomic E-state index is -0.952. The summed E-state index contributed by atoms with van der Waals surface area (Å²) in [6.07, 6.45) is 0.423. The Morgan fingerprint density at radius 2 is 1.68 bits per heavy atom. The number of hydrogen-bond acceptors (Lipinski definition) is 3. The molecule has 34 heavy (non-hydrogen) atoms. The SMILES string of the molecule is COc1c(F)cc(C(=O)N2c3ccccc3[C@H](N(C(C)=O)c3ccc(Cl)cc3)C[C@@H]2C)cc1F. The molecule has 0 aliphatic carbocycles. The summed E-state index contributed by atoms with van der Waals surface area (Å²) in [6, 6.07) is 15.5. The third kappa shape index (κ3) is 4.23. The molecule has 176 valence electrons. The highest BCUT2D eigenvalue weighted by Gasteiger charge is 2.38. The molecule has 2 atom stereocenters. The van der Waals surface area contributed by atoms with E-state index in [-0.39, 0.29) is 23.6 Å². The summed E-state index contributed by atoms with van der Waals surface area (Å²) in [5, 5.41) is 0.556. The number of benzene rings is 3. The van der Waals surface area contributed by atoms with Gasteiger partial charge in [-0.15, -0.1) is 0 Å². The van der Waals surface area contributed by atoms with Crippen LogP contribution in [0, 0.1) is 11.6 Å². The summed E-state index contributed by atoms with van der Waals surface area (Å²) in [4.78, 5) is 29.4. The lowest BCUT2D eigenvalue weighted by atomic mass is 9.89. The lowest BCUT2D eigenvalue weighted by Gasteiger charge is -2.43. The van der Waals surface area contributed by atoms with Gasteiger partial charge in [-0.25, -0.2) is 8.78 Å². The number of methoxy groups -OCH3 is 1. The first-order valence-corrected chi connectivity index (χ1v) is 11.1. The van der Waals surface area contributed by atoms with Crippen molar-refractivity contribution in [1.29, 1.82) is 0 Å². The molecule has 0 aromatic heterocycles. The fraction of sp³-hybridized carbons (Fsp3) is 0.231. The van der Waals surface area contributed by atoms with E-state index in [9.17, 15) is 18.4 Å². The molecule has 1 heterocycles. The van der Waals surface area contributed by atoms with Crippen LogP contribution in [0.5, 0.6) is 5.75 Å². The number of rotatable bonds is 4. The molecule has 0 N–H and O–H groups in total. The predicted octanol–water partition coefficient (Wildman–Crippen LogP) is 6.16. The van der Waals surface area contributed by atoms with Crippen LogP contribution in [-0.2, 0) is 4.79 Å². The fourth-order valence-corrected chi connectivity index (χ4v) is 4.66. The van der Waals surface area contributed by atoms with Gasteiger partial charge in [-0.05, 0) is 61.4 Å². The van der Waals surface area contributed by atoms with Crippen LogP contribution >= 0.6 is 11.6 Å². The molecular formula is C26H23ClF2N2O3. The van der Waals surface area contributed by atoms with Gasteiger partial charge < -0.3 is 14.5 Å². The first-order chi connectivity index (χ1) is 16.2. The van der Waals surface area contributed by atoms with E-state index in [4.69, 9.17) is 16.3 Å². The molecule has 0 unspecified atom stereocenters. The molecule has 0 bridgehead atoms.